The second-order valence-electron chi connectivity index (χ2n) is 10.6. The smallest absolute Gasteiger partial charge is 0.417 e. The molecule has 14 heteroatoms. The molecule has 2 N–H and O–H groups in total. The van der Waals surface area contributed by atoms with Gasteiger partial charge in [0.1, 0.15) is 18.1 Å². The summed E-state index contributed by atoms with van der Waals surface area (Å²) >= 11 is 0. The number of hydrogen-bond donors (Lipinski definition) is 2. The maximum Gasteiger partial charge on any atom is 0.417 e. The van der Waals surface area contributed by atoms with Crippen molar-refractivity contribution in [3.05, 3.63) is 88.3 Å². The van der Waals surface area contributed by atoms with E-state index in [-0.39, 0.29) is 23.1 Å². The van der Waals surface area contributed by atoms with Gasteiger partial charge in [-0.3, -0.25) is 23.9 Å². The van der Waals surface area contributed by atoms with E-state index in [0.29, 0.717) is 11.8 Å². The summed E-state index contributed by atoms with van der Waals surface area (Å²) in [6, 6.07) is 9.88. The Morgan fingerprint density at radius 1 is 1.00 bits per heavy atom. The number of Topliss-reactive ketones (excluding diaryl/α,β-unsaturated/α-hetero) is 1. The molecule has 3 heterocycles. The van der Waals surface area contributed by atoms with Crippen molar-refractivity contribution < 1.29 is 27.2 Å². The molecule has 226 valence electrons. The van der Waals surface area contributed by atoms with Crippen LogP contribution in [0.3, 0.4) is 0 Å². The summed E-state index contributed by atoms with van der Waals surface area (Å²) < 4.78 is 45.8. The van der Waals surface area contributed by atoms with Crippen LogP contribution in [-0.4, -0.2) is 49.5 Å². The number of carbonyl (C=O) groups is 2. The van der Waals surface area contributed by atoms with Gasteiger partial charge in [0, 0.05) is 18.8 Å². The number of ketones is 1. The third-order valence-electron chi connectivity index (χ3n) is 6.82. The number of aromatic nitrogens is 5. The number of hydrogen-bond acceptors (Lipinski definition) is 9. The van der Waals surface area contributed by atoms with Crippen molar-refractivity contribution in [3.63, 3.8) is 0 Å². The summed E-state index contributed by atoms with van der Waals surface area (Å²) in [7, 11) is 1.56. The first-order valence-corrected chi connectivity index (χ1v) is 13.3. The fraction of sp³-hybridized carbons (Fsp3) is 0.345. The minimum Gasteiger partial charge on any atom is -0.417 e. The SMILES string of the molecule is CNc1cnc(-c2ccccc2)n(CC(=O)N[C@@H](C(=O)c2nnc(C(C)(C)c3ccc(C(F)(F)F)cn3)o2)C(C)C)c1=O. The zero-order valence-electron chi connectivity index (χ0n) is 24.1. The average Bonchev–Trinajstić information content (AvgIpc) is 3.48. The van der Waals surface area contributed by atoms with Crippen LogP contribution in [0.25, 0.3) is 11.4 Å². The van der Waals surface area contributed by atoms with E-state index in [1.165, 1.54) is 16.8 Å². The Kier molecular flexibility index (Phi) is 8.78. The van der Waals surface area contributed by atoms with Crippen molar-refractivity contribution in [1.29, 1.82) is 0 Å². The molecule has 0 aliphatic heterocycles. The zero-order chi connectivity index (χ0) is 31.5. The molecule has 43 heavy (non-hydrogen) atoms. The van der Waals surface area contributed by atoms with Gasteiger partial charge >= 0.3 is 6.18 Å². The molecule has 3 aromatic heterocycles. The standard InChI is InChI=1S/C29H30F3N7O4/c1-16(2)22(36-21(40)15-39-24(17-9-7-6-8-10-17)35-14-19(33-5)26(39)42)23(41)25-37-38-27(43-25)28(3,4)20-12-11-18(13-34-20)29(30,31)32/h6-14,16,22,33H,15H2,1-5H3,(H,36,40)/t22-/m1/s1. The van der Waals surface area contributed by atoms with Gasteiger partial charge in [-0.05, 0) is 31.9 Å². The van der Waals surface area contributed by atoms with E-state index in [4.69, 9.17) is 4.42 Å². The summed E-state index contributed by atoms with van der Waals surface area (Å²) in [5, 5.41) is 13.2. The summed E-state index contributed by atoms with van der Waals surface area (Å²) in [6.45, 7) is 6.22. The number of amides is 1. The quantitative estimate of drug-likeness (QED) is 0.258. The first kappa shape index (κ1) is 31.1. The molecule has 0 saturated heterocycles. The van der Waals surface area contributed by atoms with Crippen LogP contribution in [0.5, 0.6) is 0 Å². The van der Waals surface area contributed by atoms with Crippen molar-refractivity contribution in [2.75, 3.05) is 12.4 Å². The predicted molar refractivity (Wildman–Crippen MR) is 150 cm³/mol. The normalized spacial score (nSPS) is 12.7. The average molecular weight is 598 g/mol. The molecule has 11 nitrogen and oxygen atoms in total. The van der Waals surface area contributed by atoms with Crippen molar-refractivity contribution >= 4 is 17.4 Å². The predicted octanol–water partition coefficient (Wildman–Crippen LogP) is 4.10. The highest BCUT2D eigenvalue weighted by Gasteiger charge is 2.36. The zero-order valence-corrected chi connectivity index (χ0v) is 24.1. The van der Waals surface area contributed by atoms with Crippen molar-refractivity contribution in [1.82, 2.24) is 30.0 Å². The first-order valence-electron chi connectivity index (χ1n) is 13.3. The van der Waals surface area contributed by atoms with E-state index < -0.39 is 58.8 Å². The van der Waals surface area contributed by atoms with Gasteiger partial charge in [-0.15, -0.1) is 10.2 Å². The number of nitrogens with one attached hydrogen (secondary N) is 2. The maximum absolute atomic E-state index is 13.4. The number of anilines is 1. The molecule has 1 aromatic carbocycles. The van der Waals surface area contributed by atoms with Gasteiger partial charge in [0.25, 0.3) is 11.4 Å². The molecule has 0 aliphatic carbocycles. The van der Waals surface area contributed by atoms with E-state index in [9.17, 15) is 27.6 Å². The summed E-state index contributed by atoms with van der Waals surface area (Å²) in [6.07, 6.45) is -2.45. The van der Waals surface area contributed by atoms with Gasteiger partial charge in [-0.2, -0.15) is 13.2 Å². The monoisotopic (exact) mass is 597 g/mol. The Morgan fingerprint density at radius 3 is 2.28 bits per heavy atom. The number of rotatable bonds is 10. The second-order valence-corrected chi connectivity index (χ2v) is 10.6. The summed E-state index contributed by atoms with van der Waals surface area (Å²) in [4.78, 5) is 48.0. The molecule has 4 rings (SSSR count). The Morgan fingerprint density at radius 2 is 1.70 bits per heavy atom. The number of benzene rings is 1. The van der Waals surface area contributed by atoms with Crippen LogP contribution in [0.4, 0.5) is 18.9 Å². The van der Waals surface area contributed by atoms with Crippen molar-refractivity contribution in [2.45, 2.75) is 51.9 Å². The molecule has 1 atom stereocenters. The maximum atomic E-state index is 13.4. The molecule has 0 fully saturated rings. The van der Waals surface area contributed by atoms with Crippen molar-refractivity contribution in [2.24, 2.45) is 5.92 Å². The van der Waals surface area contributed by atoms with Crippen LogP contribution >= 0.6 is 0 Å². The summed E-state index contributed by atoms with van der Waals surface area (Å²) in [5.41, 5.74) is -1.49. The van der Waals surface area contributed by atoms with Crippen LogP contribution in [0, 0.1) is 5.92 Å². The van der Waals surface area contributed by atoms with Crippen LogP contribution < -0.4 is 16.2 Å². The fourth-order valence-corrected chi connectivity index (χ4v) is 4.27. The number of pyridine rings is 1. The lowest BCUT2D eigenvalue weighted by atomic mass is 9.88. The van der Waals surface area contributed by atoms with E-state index in [1.54, 1.807) is 59.0 Å². The minimum atomic E-state index is -4.54. The molecule has 4 aromatic rings. The lowest BCUT2D eigenvalue weighted by molar-refractivity contribution is -0.137. The van der Waals surface area contributed by atoms with Crippen LogP contribution in [0.2, 0.25) is 0 Å². The third kappa shape index (κ3) is 6.63. The number of nitrogens with zero attached hydrogens (tertiary/aromatic N) is 5. The van der Waals surface area contributed by atoms with E-state index >= 15 is 0 Å². The number of halogens is 3. The highest BCUT2D eigenvalue weighted by atomic mass is 19.4. The fourth-order valence-electron chi connectivity index (χ4n) is 4.27. The molecule has 0 aliphatic rings. The molecular weight excluding hydrogens is 567 g/mol. The molecule has 0 radical (unpaired) electrons. The third-order valence-corrected chi connectivity index (χ3v) is 6.82. The Bertz CT molecular complexity index is 1660. The lowest BCUT2D eigenvalue weighted by Crippen LogP contribution is -2.46. The molecule has 0 unspecified atom stereocenters. The minimum absolute atomic E-state index is 0.0500. The molecule has 0 bridgehead atoms. The molecule has 1 amide bonds. The Labute approximate surface area is 244 Å². The van der Waals surface area contributed by atoms with Crippen LogP contribution in [-0.2, 0) is 22.9 Å². The Balaban J connectivity index is 1.56. The molecular formula is C29H30F3N7O4. The van der Waals surface area contributed by atoms with Gasteiger partial charge < -0.3 is 15.1 Å². The number of alkyl halides is 3. The second kappa shape index (κ2) is 12.2. The van der Waals surface area contributed by atoms with E-state index in [2.05, 4.69) is 30.8 Å². The highest BCUT2D eigenvalue weighted by Crippen LogP contribution is 2.33. The van der Waals surface area contributed by atoms with Crippen LogP contribution in [0.15, 0.2) is 64.1 Å². The topological polar surface area (TPSA) is 145 Å². The molecule has 0 spiro atoms. The van der Waals surface area contributed by atoms with Gasteiger partial charge in [0.05, 0.1) is 28.9 Å². The van der Waals surface area contributed by atoms with E-state index in [1.807, 2.05) is 6.07 Å². The Hall–Kier alpha value is -4.88. The number of carbonyl (C=O) groups excluding carboxylic acids is 2. The lowest BCUT2D eigenvalue weighted by Gasteiger charge is -2.21. The molecule has 0 saturated carbocycles. The summed E-state index contributed by atoms with van der Waals surface area (Å²) in [5.74, 6) is -1.89. The first-order chi connectivity index (χ1) is 20.2. The van der Waals surface area contributed by atoms with Crippen LogP contribution in [0.1, 0.15) is 55.5 Å². The highest BCUT2D eigenvalue weighted by molar-refractivity contribution is 5.98. The van der Waals surface area contributed by atoms with Crippen molar-refractivity contribution in [3.8, 4) is 11.4 Å². The van der Waals surface area contributed by atoms with Gasteiger partial charge in [0.15, 0.2) is 0 Å². The van der Waals surface area contributed by atoms with E-state index in [0.717, 1.165) is 6.07 Å². The largest absolute Gasteiger partial charge is 0.417 e. The van der Waals surface area contributed by atoms with Gasteiger partial charge in [-0.1, -0.05) is 44.2 Å². The van der Waals surface area contributed by atoms with Gasteiger partial charge in [-0.25, -0.2) is 4.98 Å². The van der Waals surface area contributed by atoms with Gasteiger partial charge in [0.2, 0.25) is 17.6 Å².